The molecule has 3 aromatic rings. The molecule has 0 spiro atoms. The first-order valence-electron chi connectivity index (χ1n) is 9.77. The predicted octanol–water partition coefficient (Wildman–Crippen LogP) is 4.82. The molecule has 1 N–H and O–H groups in total. The fourth-order valence-electron chi connectivity index (χ4n) is 3.97. The molecule has 2 heterocycles. The zero-order chi connectivity index (χ0) is 20.5. The molecule has 1 saturated carbocycles. The van der Waals surface area contributed by atoms with E-state index in [1.54, 1.807) is 19.1 Å². The number of nitrogens with one attached hydrogen (secondary N) is 1. The number of aromatic nitrogens is 3. The van der Waals surface area contributed by atoms with Crippen LogP contribution in [0.4, 0.5) is 4.39 Å². The number of nitrogens with zero attached hydrogens (tertiary/aromatic N) is 2. The molecule has 0 atom stereocenters. The number of H-pyrrole nitrogens is 1. The molecular weight excluding hydrogens is 441 g/mol. The molecule has 1 aliphatic rings. The summed E-state index contributed by atoms with van der Waals surface area (Å²) in [5, 5.41) is 2.76. The Bertz CT molecular complexity index is 1130. The lowest BCUT2D eigenvalue weighted by Gasteiger charge is -2.22. The minimum Gasteiger partial charge on any atom is -0.462 e. The Morgan fingerprint density at radius 1 is 1.31 bits per heavy atom. The van der Waals surface area contributed by atoms with Crippen molar-refractivity contribution in [3.05, 3.63) is 56.2 Å². The standard InChI is InChI=1S/C21H21BrFN3O3/c1-2-29-21(28)18-19(22)25-26-17(27)11-16(24-20(18)26)13-8-9-14(15(23)10-13)12-6-4-3-5-7-12/h8-12,25H,2-7H2,1H3. The number of hydrogen-bond acceptors (Lipinski definition) is 4. The van der Waals surface area contributed by atoms with Gasteiger partial charge in [-0.05, 0) is 53.2 Å². The van der Waals surface area contributed by atoms with Gasteiger partial charge in [-0.15, -0.1) is 0 Å². The maximum Gasteiger partial charge on any atom is 0.344 e. The molecule has 152 valence electrons. The summed E-state index contributed by atoms with van der Waals surface area (Å²) in [6.45, 7) is 1.89. The molecule has 0 amide bonds. The maximum atomic E-state index is 14.8. The molecule has 6 nitrogen and oxygen atoms in total. The van der Waals surface area contributed by atoms with Gasteiger partial charge in [-0.3, -0.25) is 9.89 Å². The number of carbonyl (C=O) groups is 1. The van der Waals surface area contributed by atoms with Crippen molar-refractivity contribution < 1.29 is 13.9 Å². The normalized spacial score (nSPS) is 15.0. The second kappa shape index (κ2) is 8.10. The van der Waals surface area contributed by atoms with Gasteiger partial charge >= 0.3 is 5.97 Å². The Labute approximate surface area is 175 Å². The van der Waals surface area contributed by atoms with Gasteiger partial charge < -0.3 is 4.74 Å². The third-order valence-electron chi connectivity index (χ3n) is 5.39. The second-order valence-electron chi connectivity index (χ2n) is 7.23. The lowest BCUT2D eigenvalue weighted by molar-refractivity contribution is 0.0527. The number of fused-ring (bicyclic) bond motifs is 1. The van der Waals surface area contributed by atoms with E-state index < -0.39 is 11.5 Å². The van der Waals surface area contributed by atoms with Crippen LogP contribution in [0.15, 0.2) is 33.7 Å². The number of carbonyl (C=O) groups excluding carboxylic acids is 1. The van der Waals surface area contributed by atoms with Crippen molar-refractivity contribution >= 4 is 27.5 Å². The van der Waals surface area contributed by atoms with Gasteiger partial charge in [-0.25, -0.2) is 14.2 Å². The number of esters is 1. The Morgan fingerprint density at radius 2 is 2.07 bits per heavy atom. The molecule has 0 saturated heterocycles. The minimum atomic E-state index is -0.596. The van der Waals surface area contributed by atoms with Gasteiger partial charge in [-0.2, -0.15) is 4.52 Å². The number of aromatic amines is 1. The smallest absolute Gasteiger partial charge is 0.344 e. The van der Waals surface area contributed by atoms with E-state index in [-0.39, 0.29) is 29.6 Å². The summed E-state index contributed by atoms with van der Waals surface area (Å²) < 4.78 is 21.4. The average Bonchev–Trinajstić information content (AvgIpc) is 3.05. The highest BCUT2D eigenvalue weighted by Crippen LogP contribution is 2.35. The predicted molar refractivity (Wildman–Crippen MR) is 111 cm³/mol. The van der Waals surface area contributed by atoms with E-state index in [0.717, 1.165) is 35.8 Å². The highest BCUT2D eigenvalue weighted by atomic mass is 79.9. The Hall–Kier alpha value is -2.48. The van der Waals surface area contributed by atoms with Gasteiger partial charge in [0.05, 0.1) is 12.3 Å². The summed E-state index contributed by atoms with van der Waals surface area (Å²) >= 11 is 3.24. The van der Waals surface area contributed by atoms with Crippen LogP contribution in [0.25, 0.3) is 16.9 Å². The van der Waals surface area contributed by atoms with E-state index >= 15 is 0 Å². The van der Waals surface area contributed by atoms with Crippen LogP contribution >= 0.6 is 15.9 Å². The summed E-state index contributed by atoms with van der Waals surface area (Å²) in [5.41, 5.74) is 1.38. The molecule has 4 rings (SSSR count). The number of hydrogen-bond donors (Lipinski definition) is 1. The number of rotatable bonds is 4. The first-order chi connectivity index (χ1) is 14.0. The first kappa shape index (κ1) is 19.8. The van der Waals surface area contributed by atoms with E-state index in [9.17, 15) is 14.0 Å². The van der Waals surface area contributed by atoms with Gasteiger partial charge in [0.15, 0.2) is 5.65 Å². The van der Waals surface area contributed by atoms with Crippen molar-refractivity contribution in [2.75, 3.05) is 6.61 Å². The quantitative estimate of drug-likeness (QED) is 0.565. The molecule has 0 aliphatic heterocycles. The zero-order valence-electron chi connectivity index (χ0n) is 16.0. The second-order valence-corrected chi connectivity index (χ2v) is 8.02. The van der Waals surface area contributed by atoms with E-state index in [1.807, 2.05) is 0 Å². The largest absolute Gasteiger partial charge is 0.462 e. The SMILES string of the molecule is CCOC(=O)c1c(Br)[nH]n2c(=O)cc(-c3ccc(C4CCCCC4)c(F)c3)nc12. The van der Waals surface area contributed by atoms with Crippen molar-refractivity contribution in [2.45, 2.75) is 44.9 Å². The first-order valence-corrected chi connectivity index (χ1v) is 10.6. The van der Waals surface area contributed by atoms with Crippen LogP contribution in [0.2, 0.25) is 0 Å². The molecule has 2 aromatic heterocycles. The Kier molecular flexibility index (Phi) is 5.54. The number of ether oxygens (including phenoxy) is 1. The molecule has 29 heavy (non-hydrogen) atoms. The Balaban J connectivity index is 1.78. The highest BCUT2D eigenvalue weighted by molar-refractivity contribution is 9.10. The molecule has 8 heteroatoms. The maximum absolute atomic E-state index is 14.8. The van der Waals surface area contributed by atoms with Crippen molar-refractivity contribution in [1.82, 2.24) is 14.6 Å². The summed E-state index contributed by atoms with van der Waals surface area (Å²) in [6.07, 6.45) is 5.46. The topological polar surface area (TPSA) is 76.5 Å². The molecule has 0 bridgehead atoms. The van der Waals surface area contributed by atoms with Gasteiger partial charge in [-0.1, -0.05) is 31.4 Å². The van der Waals surface area contributed by atoms with Crippen LogP contribution in [0.3, 0.4) is 0 Å². The summed E-state index contributed by atoms with van der Waals surface area (Å²) in [4.78, 5) is 29.3. The third-order valence-corrected chi connectivity index (χ3v) is 5.97. The summed E-state index contributed by atoms with van der Waals surface area (Å²) in [6, 6.07) is 6.33. The van der Waals surface area contributed by atoms with E-state index in [1.165, 1.54) is 18.6 Å². The van der Waals surface area contributed by atoms with Gasteiger partial charge in [0.2, 0.25) is 0 Å². The monoisotopic (exact) mass is 461 g/mol. The third kappa shape index (κ3) is 3.73. The minimum absolute atomic E-state index is 0.130. The fourth-order valence-corrected chi connectivity index (χ4v) is 4.49. The van der Waals surface area contributed by atoms with E-state index in [0.29, 0.717) is 15.9 Å². The van der Waals surface area contributed by atoms with Crippen LogP contribution in [-0.4, -0.2) is 27.2 Å². The van der Waals surface area contributed by atoms with Crippen LogP contribution < -0.4 is 5.56 Å². The van der Waals surface area contributed by atoms with E-state index in [4.69, 9.17) is 4.74 Å². The van der Waals surface area contributed by atoms with Crippen LogP contribution in [0.5, 0.6) is 0 Å². The van der Waals surface area contributed by atoms with E-state index in [2.05, 4.69) is 26.0 Å². The highest BCUT2D eigenvalue weighted by Gasteiger charge is 2.23. The molecule has 1 aromatic carbocycles. The fraction of sp³-hybridized carbons (Fsp3) is 0.381. The Morgan fingerprint density at radius 3 is 2.76 bits per heavy atom. The average molecular weight is 462 g/mol. The van der Waals surface area contributed by atoms with Crippen molar-refractivity contribution in [3.63, 3.8) is 0 Å². The molecule has 0 radical (unpaired) electrons. The lowest BCUT2D eigenvalue weighted by Crippen LogP contribution is -2.15. The van der Waals surface area contributed by atoms with Gasteiger partial charge in [0, 0.05) is 11.6 Å². The van der Waals surface area contributed by atoms with Gasteiger partial charge in [0.1, 0.15) is 16.0 Å². The summed E-state index contributed by atoms with van der Waals surface area (Å²) in [5.74, 6) is -0.631. The molecular formula is C21H21BrFN3O3. The number of benzene rings is 1. The lowest BCUT2D eigenvalue weighted by atomic mass is 9.83. The van der Waals surface area contributed by atoms with Crippen LogP contribution in [0, 0.1) is 5.82 Å². The van der Waals surface area contributed by atoms with Crippen molar-refractivity contribution in [2.24, 2.45) is 0 Å². The molecule has 1 aliphatic carbocycles. The van der Waals surface area contributed by atoms with Crippen LogP contribution in [0.1, 0.15) is 60.9 Å². The number of halogens is 2. The van der Waals surface area contributed by atoms with Crippen molar-refractivity contribution in [3.8, 4) is 11.3 Å². The zero-order valence-corrected chi connectivity index (χ0v) is 17.6. The van der Waals surface area contributed by atoms with Crippen LogP contribution in [-0.2, 0) is 4.74 Å². The van der Waals surface area contributed by atoms with Gasteiger partial charge in [0.25, 0.3) is 5.56 Å². The molecule has 1 fully saturated rings. The molecule has 0 unspecified atom stereocenters. The van der Waals surface area contributed by atoms with Crippen molar-refractivity contribution in [1.29, 1.82) is 0 Å². The summed E-state index contributed by atoms with van der Waals surface area (Å²) in [7, 11) is 0.